The molecule has 0 aliphatic heterocycles. The molecule has 0 atom stereocenters. The summed E-state index contributed by atoms with van der Waals surface area (Å²) in [5.74, 6) is -0.371. The number of hydrazone groups is 1. The number of halogens is 1. The van der Waals surface area contributed by atoms with E-state index in [9.17, 15) is 14.4 Å². The first-order chi connectivity index (χ1) is 17.3. The van der Waals surface area contributed by atoms with Crippen molar-refractivity contribution < 1.29 is 28.6 Å². The van der Waals surface area contributed by atoms with E-state index in [1.165, 1.54) is 26.5 Å². The zero-order chi connectivity index (χ0) is 26.1. The second-order valence-corrected chi connectivity index (χ2v) is 8.35. The third kappa shape index (κ3) is 6.92. The van der Waals surface area contributed by atoms with Crippen LogP contribution >= 0.6 is 15.9 Å². The molecule has 36 heavy (non-hydrogen) atoms. The number of aryl methyl sites for hydroxylation is 1. The molecule has 0 bridgehead atoms. The Kier molecular flexibility index (Phi) is 9.18. The second-order valence-electron chi connectivity index (χ2n) is 7.43. The highest BCUT2D eigenvalue weighted by Gasteiger charge is 2.14. The number of nitrogens with one attached hydrogen (secondary N) is 2. The van der Waals surface area contributed by atoms with Gasteiger partial charge in [-0.2, -0.15) is 5.10 Å². The van der Waals surface area contributed by atoms with Gasteiger partial charge in [0.15, 0.2) is 11.5 Å². The van der Waals surface area contributed by atoms with Gasteiger partial charge in [0, 0.05) is 15.6 Å². The third-order valence-corrected chi connectivity index (χ3v) is 5.48. The number of methoxy groups -OCH3 is 2. The number of nitrogens with zero attached hydrogens (tertiary/aromatic N) is 1. The molecule has 0 aliphatic rings. The van der Waals surface area contributed by atoms with E-state index in [4.69, 9.17) is 14.2 Å². The van der Waals surface area contributed by atoms with Crippen LogP contribution in [-0.2, 0) is 4.79 Å². The highest BCUT2D eigenvalue weighted by Crippen LogP contribution is 2.27. The highest BCUT2D eigenvalue weighted by atomic mass is 79.9. The van der Waals surface area contributed by atoms with Gasteiger partial charge in [0.1, 0.15) is 5.75 Å². The first-order valence-corrected chi connectivity index (χ1v) is 11.5. The van der Waals surface area contributed by atoms with Gasteiger partial charge in [0.05, 0.1) is 32.5 Å². The summed E-state index contributed by atoms with van der Waals surface area (Å²) >= 11 is 3.37. The first kappa shape index (κ1) is 26.4. The number of hydrogen-bond donors (Lipinski definition) is 2. The van der Waals surface area contributed by atoms with Gasteiger partial charge in [-0.15, -0.1) is 0 Å². The van der Waals surface area contributed by atoms with Crippen LogP contribution in [0.1, 0.15) is 31.8 Å². The Bertz CT molecular complexity index is 1310. The Morgan fingerprint density at radius 3 is 2.39 bits per heavy atom. The average Bonchev–Trinajstić information content (AvgIpc) is 2.88. The predicted molar refractivity (Wildman–Crippen MR) is 138 cm³/mol. The van der Waals surface area contributed by atoms with Crippen LogP contribution in [0.4, 0.5) is 0 Å². The molecule has 0 unspecified atom stereocenters. The molecule has 3 rings (SSSR count). The fourth-order valence-corrected chi connectivity index (χ4v) is 3.50. The predicted octanol–water partition coefficient (Wildman–Crippen LogP) is 3.87. The van der Waals surface area contributed by atoms with Crippen molar-refractivity contribution in [3.63, 3.8) is 0 Å². The minimum Gasteiger partial charge on any atom is -0.493 e. The molecule has 0 heterocycles. The Labute approximate surface area is 216 Å². The van der Waals surface area contributed by atoms with E-state index in [1.807, 2.05) is 19.1 Å². The maximum absolute atomic E-state index is 12.6. The number of esters is 1. The van der Waals surface area contributed by atoms with Crippen molar-refractivity contribution in [1.82, 2.24) is 10.7 Å². The molecule has 2 N–H and O–H groups in total. The summed E-state index contributed by atoms with van der Waals surface area (Å²) in [4.78, 5) is 37.1. The third-order valence-electron chi connectivity index (χ3n) is 4.99. The first-order valence-electron chi connectivity index (χ1n) is 10.7. The summed E-state index contributed by atoms with van der Waals surface area (Å²) < 4.78 is 16.6. The molecule has 0 saturated heterocycles. The average molecular weight is 554 g/mol. The minimum absolute atomic E-state index is 0.270. The molecular formula is C26H24BrN3O6. The molecule has 3 aromatic carbocycles. The zero-order valence-corrected chi connectivity index (χ0v) is 21.4. The quantitative estimate of drug-likeness (QED) is 0.180. The molecule has 2 amide bonds. The fraction of sp³-hybridized carbons (Fsp3) is 0.154. The van der Waals surface area contributed by atoms with Crippen LogP contribution in [0.2, 0.25) is 0 Å². The van der Waals surface area contributed by atoms with Gasteiger partial charge in [-0.05, 0) is 55.0 Å². The SMILES string of the molecule is COc1ccc(C(=O)NCC(=O)N/N=C/c2cc(Br)ccc2OC(=O)c2ccccc2C)cc1OC. The molecular weight excluding hydrogens is 530 g/mol. The van der Waals surface area contributed by atoms with Gasteiger partial charge in [-0.25, -0.2) is 10.2 Å². The monoisotopic (exact) mass is 553 g/mol. The maximum atomic E-state index is 12.6. The van der Waals surface area contributed by atoms with E-state index < -0.39 is 17.8 Å². The molecule has 10 heteroatoms. The largest absolute Gasteiger partial charge is 0.493 e. The van der Waals surface area contributed by atoms with Crippen molar-refractivity contribution in [2.24, 2.45) is 5.10 Å². The number of amides is 2. The summed E-state index contributed by atoms with van der Waals surface area (Å²) in [6, 6.07) is 16.8. The van der Waals surface area contributed by atoms with Gasteiger partial charge in [-0.3, -0.25) is 9.59 Å². The van der Waals surface area contributed by atoms with Crippen LogP contribution in [0, 0.1) is 6.92 Å². The Hall–Kier alpha value is -4.18. The number of rotatable bonds is 9. The van der Waals surface area contributed by atoms with Crippen molar-refractivity contribution in [3.05, 3.63) is 87.4 Å². The number of carbonyl (C=O) groups is 3. The number of benzene rings is 3. The Morgan fingerprint density at radius 2 is 1.67 bits per heavy atom. The molecule has 0 radical (unpaired) electrons. The molecule has 0 aliphatic carbocycles. The van der Waals surface area contributed by atoms with Crippen LogP contribution in [0.25, 0.3) is 0 Å². The summed E-state index contributed by atoms with van der Waals surface area (Å²) in [7, 11) is 2.96. The van der Waals surface area contributed by atoms with Crippen molar-refractivity contribution in [2.75, 3.05) is 20.8 Å². The molecule has 186 valence electrons. The van der Waals surface area contributed by atoms with Crippen LogP contribution < -0.4 is 25.0 Å². The second kappa shape index (κ2) is 12.5. The molecule has 3 aromatic rings. The van der Waals surface area contributed by atoms with Gasteiger partial charge < -0.3 is 19.5 Å². The molecule has 0 saturated carbocycles. The van der Waals surface area contributed by atoms with E-state index in [0.29, 0.717) is 28.2 Å². The van der Waals surface area contributed by atoms with E-state index in [0.717, 1.165) is 10.0 Å². The van der Waals surface area contributed by atoms with E-state index in [1.54, 1.807) is 42.5 Å². The fourth-order valence-electron chi connectivity index (χ4n) is 3.12. The van der Waals surface area contributed by atoms with Gasteiger partial charge >= 0.3 is 5.97 Å². The zero-order valence-electron chi connectivity index (χ0n) is 19.8. The van der Waals surface area contributed by atoms with Crippen molar-refractivity contribution in [2.45, 2.75) is 6.92 Å². The van der Waals surface area contributed by atoms with Gasteiger partial charge in [0.2, 0.25) is 0 Å². The topological polar surface area (TPSA) is 115 Å². The Morgan fingerprint density at radius 1 is 0.944 bits per heavy atom. The van der Waals surface area contributed by atoms with Crippen LogP contribution in [-0.4, -0.2) is 44.8 Å². The van der Waals surface area contributed by atoms with Crippen molar-refractivity contribution in [1.29, 1.82) is 0 Å². The normalized spacial score (nSPS) is 10.6. The number of carbonyl (C=O) groups excluding carboxylic acids is 3. The number of ether oxygens (including phenoxy) is 3. The standard InChI is InChI=1S/C26H24BrN3O6/c1-16-6-4-5-7-20(16)26(33)36-21-11-9-19(27)12-18(21)14-29-30-24(31)15-28-25(32)17-8-10-22(34-2)23(13-17)35-3/h4-14H,15H2,1-3H3,(H,28,32)(H,30,31)/b29-14+. The van der Waals surface area contributed by atoms with Crippen LogP contribution in [0.3, 0.4) is 0 Å². The van der Waals surface area contributed by atoms with Gasteiger partial charge in [-0.1, -0.05) is 34.1 Å². The highest BCUT2D eigenvalue weighted by molar-refractivity contribution is 9.10. The van der Waals surface area contributed by atoms with Crippen molar-refractivity contribution in [3.8, 4) is 17.2 Å². The lowest BCUT2D eigenvalue weighted by Gasteiger charge is -2.10. The minimum atomic E-state index is -0.548. The smallest absolute Gasteiger partial charge is 0.343 e. The lowest BCUT2D eigenvalue weighted by atomic mass is 10.1. The molecule has 0 aromatic heterocycles. The van der Waals surface area contributed by atoms with E-state index in [2.05, 4.69) is 31.8 Å². The summed E-state index contributed by atoms with van der Waals surface area (Å²) in [6.45, 7) is 1.51. The summed E-state index contributed by atoms with van der Waals surface area (Å²) in [5.41, 5.74) is 4.33. The molecule has 0 spiro atoms. The number of hydrogen-bond acceptors (Lipinski definition) is 7. The summed E-state index contributed by atoms with van der Waals surface area (Å²) in [5, 5.41) is 6.43. The lowest BCUT2D eigenvalue weighted by Crippen LogP contribution is -2.34. The van der Waals surface area contributed by atoms with Crippen LogP contribution in [0.15, 0.2) is 70.2 Å². The molecule has 9 nitrogen and oxygen atoms in total. The van der Waals surface area contributed by atoms with Gasteiger partial charge in [0.25, 0.3) is 11.8 Å². The maximum Gasteiger partial charge on any atom is 0.343 e. The molecule has 0 fully saturated rings. The van der Waals surface area contributed by atoms with Crippen LogP contribution in [0.5, 0.6) is 17.2 Å². The van der Waals surface area contributed by atoms with E-state index >= 15 is 0 Å². The lowest BCUT2D eigenvalue weighted by molar-refractivity contribution is -0.120. The summed E-state index contributed by atoms with van der Waals surface area (Å²) in [6.07, 6.45) is 1.35. The Balaban J connectivity index is 1.60. The van der Waals surface area contributed by atoms with E-state index in [-0.39, 0.29) is 12.3 Å². The van der Waals surface area contributed by atoms with Crippen molar-refractivity contribution >= 4 is 39.9 Å².